The summed E-state index contributed by atoms with van der Waals surface area (Å²) in [5.74, 6) is 0.936. The van der Waals surface area contributed by atoms with Gasteiger partial charge in [0.25, 0.3) is 0 Å². The smallest absolute Gasteiger partial charge is 0.142 e. The zero-order valence-corrected chi connectivity index (χ0v) is 9.44. The fourth-order valence-corrected chi connectivity index (χ4v) is 2.26. The molecule has 0 unspecified atom stereocenters. The van der Waals surface area contributed by atoms with E-state index >= 15 is 0 Å². The van der Waals surface area contributed by atoms with Crippen molar-refractivity contribution in [3.8, 4) is 0 Å². The van der Waals surface area contributed by atoms with Crippen molar-refractivity contribution in [1.82, 2.24) is 4.98 Å². The Balaban J connectivity index is 2.18. The third-order valence-electron chi connectivity index (χ3n) is 2.44. The van der Waals surface area contributed by atoms with Gasteiger partial charge in [0.1, 0.15) is 5.82 Å². The Kier molecular flexibility index (Phi) is 3.03. The highest BCUT2D eigenvalue weighted by molar-refractivity contribution is 9.10. The first kappa shape index (κ1) is 9.93. The lowest BCUT2D eigenvalue weighted by Gasteiger charge is -2.31. The fraction of sp³-hybridized carbons (Fsp3) is 0.500. The topological polar surface area (TPSA) is 36.4 Å². The Bertz CT molecular complexity index is 319. The van der Waals surface area contributed by atoms with E-state index in [1.807, 2.05) is 12.1 Å². The predicted molar refractivity (Wildman–Crippen MR) is 59.4 cm³/mol. The molecule has 2 heterocycles. The van der Waals surface area contributed by atoms with Crippen LogP contribution >= 0.6 is 15.9 Å². The second kappa shape index (κ2) is 4.28. The van der Waals surface area contributed by atoms with Crippen LogP contribution in [0.1, 0.15) is 12.8 Å². The molecule has 1 N–H and O–H groups in total. The molecule has 1 atom stereocenters. The molecule has 1 saturated heterocycles. The minimum Gasteiger partial charge on any atom is -0.391 e. The van der Waals surface area contributed by atoms with Gasteiger partial charge in [-0.3, -0.25) is 0 Å². The van der Waals surface area contributed by atoms with Gasteiger partial charge in [-0.1, -0.05) is 0 Å². The lowest BCUT2D eigenvalue weighted by molar-refractivity contribution is 0.154. The van der Waals surface area contributed by atoms with Gasteiger partial charge < -0.3 is 10.0 Å². The molecule has 0 radical (unpaired) electrons. The molecular formula is C10H13BrN2O. The lowest BCUT2D eigenvalue weighted by atomic mass is 10.1. The van der Waals surface area contributed by atoms with Crippen molar-refractivity contribution in [2.75, 3.05) is 18.0 Å². The van der Waals surface area contributed by atoms with Crippen molar-refractivity contribution in [1.29, 1.82) is 0 Å². The third-order valence-corrected chi connectivity index (χ3v) is 3.05. The van der Waals surface area contributed by atoms with Gasteiger partial charge in [-0.25, -0.2) is 4.98 Å². The number of anilines is 1. The summed E-state index contributed by atoms with van der Waals surface area (Å²) in [5.41, 5.74) is 0. The van der Waals surface area contributed by atoms with E-state index in [1.54, 1.807) is 6.20 Å². The van der Waals surface area contributed by atoms with Crippen molar-refractivity contribution in [2.45, 2.75) is 18.9 Å². The standard InChI is InChI=1S/C10H13BrN2O/c11-9-4-1-5-12-10(9)13-6-2-3-8(14)7-13/h1,4-5,8,14H,2-3,6-7H2/t8-/m0/s1. The van der Waals surface area contributed by atoms with E-state index in [2.05, 4.69) is 25.8 Å². The quantitative estimate of drug-likeness (QED) is 0.833. The molecule has 14 heavy (non-hydrogen) atoms. The highest BCUT2D eigenvalue weighted by atomic mass is 79.9. The van der Waals surface area contributed by atoms with E-state index < -0.39 is 0 Å². The van der Waals surface area contributed by atoms with Gasteiger partial charge in [-0.15, -0.1) is 0 Å². The van der Waals surface area contributed by atoms with E-state index in [0.29, 0.717) is 6.54 Å². The van der Waals surface area contributed by atoms with E-state index in [-0.39, 0.29) is 6.10 Å². The van der Waals surface area contributed by atoms with Crippen LogP contribution in [-0.4, -0.2) is 29.3 Å². The van der Waals surface area contributed by atoms with Crippen LogP contribution in [0.25, 0.3) is 0 Å². The van der Waals surface area contributed by atoms with Gasteiger partial charge in [-0.2, -0.15) is 0 Å². The molecule has 0 amide bonds. The Hall–Kier alpha value is -0.610. The molecule has 0 aliphatic carbocycles. The number of aliphatic hydroxyl groups excluding tert-OH is 1. The average molecular weight is 257 g/mol. The van der Waals surface area contributed by atoms with Crippen LogP contribution in [-0.2, 0) is 0 Å². The highest BCUT2D eigenvalue weighted by Crippen LogP contribution is 2.25. The van der Waals surface area contributed by atoms with Crippen molar-refractivity contribution >= 4 is 21.7 Å². The van der Waals surface area contributed by atoms with Crippen LogP contribution < -0.4 is 4.90 Å². The highest BCUT2D eigenvalue weighted by Gasteiger charge is 2.19. The number of halogens is 1. The summed E-state index contributed by atoms with van der Waals surface area (Å²) in [6.07, 6.45) is 3.50. The second-order valence-corrected chi connectivity index (χ2v) is 4.41. The van der Waals surface area contributed by atoms with Gasteiger partial charge in [0.15, 0.2) is 0 Å². The van der Waals surface area contributed by atoms with Crippen LogP contribution in [0.5, 0.6) is 0 Å². The molecule has 0 aromatic carbocycles. The Morgan fingerprint density at radius 1 is 1.57 bits per heavy atom. The van der Waals surface area contributed by atoms with Crippen molar-refractivity contribution < 1.29 is 5.11 Å². The van der Waals surface area contributed by atoms with Gasteiger partial charge >= 0.3 is 0 Å². The number of aromatic nitrogens is 1. The molecule has 76 valence electrons. The number of rotatable bonds is 1. The number of hydrogen-bond acceptors (Lipinski definition) is 3. The summed E-state index contributed by atoms with van der Waals surface area (Å²) in [6.45, 7) is 1.67. The number of nitrogens with zero attached hydrogens (tertiary/aromatic N) is 2. The molecule has 1 aromatic rings. The van der Waals surface area contributed by atoms with Crippen LogP contribution in [0.2, 0.25) is 0 Å². The van der Waals surface area contributed by atoms with E-state index in [0.717, 1.165) is 29.7 Å². The maximum absolute atomic E-state index is 9.55. The molecule has 4 heteroatoms. The molecule has 3 nitrogen and oxygen atoms in total. The first-order chi connectivity index (χ1) is 6.77. The molecule has 1 fully saturated rings. The monoisotopic (exact) mass is 256 g/mol. The van der Waals surface area contributed by atoms with Crippen molar-refractivity contribution in [3.05, 3.63) is 22.8 Å². The maximum atomic E-state index is 9.55. The summed E-state index contributed by atoms with van der Waals surface area (Å²) in [4.78, 5) is 6.43. The molecule has 0 bridgehead atoms. The molecule has 1 aliphatic rings. The zero-order chi connectivity index (χ0) is 9.97. The van der Waals surface area contributed by atoms with Crippen molar-refractivity contribution in [2.24, 2.45) is 0 Å². The fourth-order valence-electron chi connectivity index (χ4n) is 1.76. The predicted octanol–water partition coefficient (Wildman–Crippen LogP) is 1.81. The molecular weight excluding hydrogens is 244 g/mol. The molecule has 0 saturated carbocycles. The summed E-state index contributed by atoms with van der Waals surface area (Å²) in [5, 5.41) is 9.55. The summed E-state index contributed by atoms with van der Waals surface area (Å²) in [7, 11) is 0. The SMILES string of the molecule is O[C@H]1CCCN(c2ncccc2Br)C1. The maximum Gasteiger partial charge on any atom is 0.142 e. The van der Waals surface area contributed by atoms with Crippen molar-refractivity contribution in [3.63, 3.8) is 0 Å². The van der Waals surface area contributed by atoms with E-state index in [4.69, 9.17) is 0 Å². The van der Waals surface area contributed by atoms with E-state index in [1.165, 1.54) is 0 Å². The zero-order valence-electron chi connectivity index (χ0n) is 7.86. The first-order valence-electron chi connectivity index (χ1n) is 4.81. The van der Waals surface area contributed by atoms with Gasteiger partial charge in [0.2, 0.25) is 0 Å². The van der Waals surface area contributed by atoms with E-state index in [9.17, 15) is 5.11 Å². The van der Waals surface area contributed by atoms with Gasteiger partial charge in [-0.05, 0) is 40.9 Å². The molecule has 1 aromatic heterocycles. The van der Waals surface area contributed by atoms with Crippen LogP contribution in [0.4, 0.5) is 5.82 Å². The Morgan fingerprint density at radius 3 is 3.14 bits per heavy atom. The summed E-state index contributed by atoms with van der Waals surface area (Å²) in [6, 6.07) is 3.87. The second-order valence-electron chi connectivity index (χ2n) is 3.55. The minimum atomic E-state index is -0.211. The number of β-amino-alcohol motifs (C(OH)–C–C–N with tert-alkyl or cyclic N) is 1. The largest absolute Gasteiger partial charge is 0.391 e. The van der Waals surface area contributed by atoms with Crippen LogP contribution in [0.3, 0.4) is 0 Å². The summed E-state index contributed by atoms with van der Waals surface area (Å²) < 4.78 is 0.995. The lowest BCUT2D eigenvalue weighted by Crippen LogP contribution is -2.38. The number of aliphatic hydroxyl groups is 1. The summed E-state index contributed by atoms with van der Waals surface area (Å²) >= 11 is 3.47. The third kappa shape index (κ3) is 2.07. The minimum absolute atomic E-state index is 0.211. The number of hydrogen-bond donors (Lipinski definition) is 1. The first-order valence-corrected chi connectivity index (χ1v) is 5.60. The molecule has 0 spiro atoms. The molecule has 1 aliphatic heterocycles. The number of pyridine rings is 1. The molecule has 2 rings (SSSR count). The Morgan fingerprint density at radius 2 is 2.43 bits per heavy atom. The normalized spacial score (nSPS) is 22.4. The average Bonchev–Trinajstić information content (AvgIpc) is 2.18. The van der Waals surface area contributed by atoms with Gasteiger partial charge in [0.05, 0.1) is 10.6 Å². The van der Waals surface area contributed by atoms with Crippen LogP contribution in [0.15, 0.2) is 22.8 Å². The number of piperidine rings is 1. The van der Waals surface area contributed by atoms with Gasteiger partial charge in [0, 0.05) is 19.3 Å². The van der Waals surface area contributed by atoms with Crippen LogP contribution in [0, 0.1) is 0 Å². The Labute approximate surface area is 91.9 Å².